The fraction of sp³-hybridized carbons (Fsp3) is 0.292. The monoisotopic (exact) mass is 392 g/mol. The van der Waals surface area contributed by atoms with E-state index in [-0.39, 0.29) is 11.5 Å². The van der Waals surface area contributed by atoms with Crippen LogP contribution in [-0.4, -0.2) is 29.2 Å². The van der Waals surface area contributed by atoms with Crippen LogP contribution in [-0.2, 0) is 0 Å². The predicted molar refractivity (Wildman–Crippen MR) is 112 cm³/mol. The second kappa shape index (κ2) is 6.41. The number of carbonyl (C=O) groups is 1. The number of methoxy groups -OCH3 is 1. The molecule has 0 aromatic heterocycles. The number of hydrogen-bond acceptors (Lipinski definition) is 5. The molecule has 2 aliphatic rings. The third-order valence-corrected chi connectivity index (χ3v) is 5.01. The van der Waals surface area contributed by atoms with E-state index in [0.717, 1.165) is 0 Å². The number of ketones is 1. The number of ether oxygens (including phenoxy) is 3. The molecule has 1 N–H and O–H groups in total. The van der Waals surface area contributed by atoms with Gasteiger partial charge in [-0.25, -0.2) is 0 Å². The van der Waals surface area contributed by atoms with Crippen molar-refractivity contribution < 1.29 is 24.1 Å². The molecule has 2 heterocycles. The Morgan fingerprint density at radius 2 is 1.59 bits per heavy atom. The van der Waals surface area contributed by atoms with Gasteiger partial charge in [0.15, 0.2) is 0 Å². The number of fused-ring (bicyclic) bond motifs is 3. The summed E-state index contributed by atoms with van der Waals surface area (Å²) in [7, 11) is 1.53. The lowest BCUT2D eigenvalue weighted by Crippen LogP contribution is -2.32. The molecule has 0 saturated carbocycles. The molecule has 0 amide bonds. The first kappa shape index (κ1) is 19.1. The van der Waals surface area contributed by atoms with E-state index in [2.05, 4.69) is 0 Å². The number of rotatable bonds is 3. The highest BCUT2D eigenvalue weighted by Crippen LogP contribution is 2.51. The molecule has 0 aliphatic carbocycles. The van der Waals surface area contributed by atoms with Gasteiger partial charge in [0.05, 0.1) is 18.2 Å². The Morgan fingerprint density at radius 3 is 2.21 bits per heavy atom. The first-order valence-corrected chi connectivity index (χ1v) is 9.50. The van der Waals surface area contributed by atoms with Crippen molar-refractivity contribution in [3.63, 3.8) is 0 Å². The van der Waals surface area contributed by atoms with Gasteiger partial charge >= 0.3 is 0 Å². The molecule has 2 aromatic carbocycles. The summed E-state index contributed by atoms with van der Waals surface area (Å²) in [5, 5.41) is 9.85. The van der Waals surface area contributed by atoms with Gasteiger partial charge in [0.1, 0.15) is 39.8 Å². The summed E-state index contributed by atoms with van der Waals surface area (Å²) in [5.41, 5.74) is 0.978. The highest BCUT2D eigenvalue weighted by molar-refractivity contribution is 6.14. The Morgan fingerprint density at radius 1 is 0.966 bits per heavy atom. The first-order valence-electron chi connectivity index (χ1n) is 9.50. The van der Waals surface area contributed by atoms with Crippen molar-refractivity contribution in [2.75, 3.05) is 7.11 Å². The van der Waals surface area contributed by atoms with Gasteiger partial charge in [0.25, 0.3) is 0 Å². The van der Waals surface area contributed by atoms with Gasteiger partial charge in [-0.15, -0.1) is 0 Å². The standard InChI is InChI=1S/C24H24O5/c1-23(2)11-9-16-20(28-23)17-10-12-24(3,4)29-22(17)18(21(16)27-5)19(26)14-7-6-8-15(25)13-14/h6-13,25H,1-5H3. The van der Waals surface area contributed by atoms with Gasteiger partial charge in [-0.3, -0.25) is 4.79 Å². The SMILES string of the molecule is COc1c2c(c3c(c1C(=O)c1cccc(O)c1)OC(C)(C)C=C3)OC(C)(C)C=C2. The van der Waals surface area contributed by atoms with E-state index in [1.165, 1.54) is 19.2 Å². The van der Waals surface area contributed by atoms with Crippen LogP contribution in [0.4, 0.5) is 0 Å². The van der Waals surface area contributed by atoms with Crippen LogP contribution in [0.5, 0.6) is 23.0 Å². The van der Waals surface area contributed by atoms with E-state index in [4.69, 9.17) is 14.2 Å². The molecule has 0 fully saturated rings. The Bertz CT molecular complexity index is 1070. The van der Waals surface area contributed by atoms with E-state index in [1.54, 1.807) is 12.1 Å². The van der Waals surface area contributed by atoms with Crippen LogP contribution in [0.2, 0.25) is 0 Å². The largest absolute Gasteiger partial charge is 0.508 e. The minimum absolute atomic E-state index is 0.0211. The second-order valence-electron chi connectivity index (χ2n) is 8.35. The van der Waals surface area contributed by atoms with Crippen molar-refractivity contribution in [1.29, 1.82) is 0 Å². The van der Waals surface area contributed by atoms with Gasteiger partial charge in [-0.05, 0) is 64.1 Å². The lowest BCUT2D eigenvalue weighted by molar-refractivity contribution is 0.101. The number of aromatic hydroxyl groups is 1. The number of hydrogen-bond donors (Lipinski definition) is 1. The zero-order chi connectivity index (χ0) is 21.0. The molecule has 0 radical (unpaired) electrons. The summed E-state index contributed by atoms with van der Waals surface area (Å²) in [4.78, 5) is 13.5. The third kappa shape index (κ3) is 3.27. The first-order chi connectivity index (χ1) is 13.6. The summed E-state index contributed by atoms with van der Waals surface area (Å²) >= 11 is 0. The van der Waals surface area contributed by atoms with Crippen molar-refractivity contribution in [2.24, 2.45) is 0 Å². The number of phenolic OH excluding ortho intramolecular Hbond substituents is 1. The lowest BCUT2D eigenvalue weighted by atomic mass is 9.89. The number of phenols is 1. The van der Waals surface area contributed by atoms with E-state index in [0.29, 0.717) is 39.5 Å². The molecule has 5 nitrogen and oxygen atoms in total. The number of benzene rings is 2. The smallest absolute Gasteiger partial charge is 0.200 e. The summed E-state index contributed by atoms with van der Waals surface area (Å²) in [6, 6.07) is 6.26. The third-order valence-electron chi connectivity index (χ3n) is 5.01. The van der Waals surface area contributed by atoms with E-state index in [9.17, 15) is 9.90 Å². The summed E-state index contributed by atoms with van der Waals surface area (Å²) in [6.45, 7) is 7.78. The Balaban J connectivity index is 2.03. The molecule has 150 valence electrons. The summed E-state index contributed by atoms with van der Waals surface area (Å²) < 4.78 is 18.2. The predicted octanol–water partition coefficient (Wildman–Crippen LogP) is 5.00. The quantitative estimate of drug-likeness (QED) is 0.745. The molecule has 29 heavy (non-hydrogen) atoms. The van der Waals surface area contributed by atoms with Crippen molar-refractivity contribution >= 4 is 17.9 Å². The summed E-state index contributed by atoms with van der Waals surface area (Å²) in [6.07, 6.45) is 7.74. The Hall–Kier alpha value is -3.21. The fourth-order valence-electron chi connectivity index (χ4n) is 3.61. The minimum atomic E-state index is -0.597. The Kier molecular flexibility index (Phi) is 4.23. The maximum atomic E-state index is 13.5. The Labute approximate surface area is 170 Å². The normalized spacial score (nSPS) is 17.6. The number of carbonyl (C=O) groups excluding carboxylic acids is 1. The van der Waals surface area contributed by atoms with Crippen molar-refractivity contribution in [2.45, 2.75) is 38.9 Å². The van der Waals surface area contributed by atoms with Crippen LogP contribution >= 0.6 is 0 Å². The summed E-state index contributed by atoms with van der Waals surface area (Å²) in [5.74, 6) is 1.18. The van der Waals surface area contributed by atoms with E-state index in [1.807, 2.05) is 52.0 Å². The highest BCUT2D eigenvalue weighted by Gasteiger charge is 2.37. The van der Waals surface area contributed by atoms with Gasteiger partial charge in [0.2, 0.25) is 5.78 Å². The molecule has 2 aromatic rings. The molecule has 0 spiro atoms. The van der Waals surface area contributed by atoms with Crippen LogP contribution in [0, 0.1) is 0 Å². The average Bonchev–Trinajstić information content (AvgIpc) is 2.64. The molecular formula is C24H24O5. The van der Waals surface area contributed by atoms with Crippen LogP contribution in [0.25, 0.3) is 12.2 Å². The maximum Gasteiger partial charge on any atom is 0.200 e. The van der Waals surface area contributed by atoms with Gasteiger partial charge in [-0.1, -0.05) is 12.1 Å². The topological polar surface area (TPSA) is 65.0 Å². The van der Waals surface area contributed by atoms with Crippen molar-refractivity contribution in [1.82, 2.24) is 0 Å². The zero-order valence-electron chi connectivity index (χ0n) is 17.2. The molecular weight excluding hydrogens is 368 g/mol. The van der Waals surface area contributed by atoms with Gasteiger partial charge in [0, 0.05) is 5.56 Å². The molecule has 0 bridgehead atoms. The average molecular weight is 392 g/mol. The van der Waals surface area contributed by atoms with Crippen LogP contribution < -0.4 is 14.2 Å². The highest BCUT2D eigenvalue weighted by atomic mass is 16.5. The van der Waals surface area contributed by atoms with Crippen LogP contribution in [0.1, 0.15) is 54.7 Å². The fourth-order valence-corrected chi connectivity index (χ4v) is 3.61. The van der Waals surface area contributed by atoms with E-state index < -0.39 is 11.2 Å². The van der Waals surface area contributed by atoms with Crippen molar-refractivity contribution in [3.05, 3.63) is 58.7 Å². The molecule has 0 saturated heterocycles. The zero-order valence-corrected chi connectivity index (χ0v) is 17.2. The van der Waals surface area contributed by atoms with Gasteiger partial charge < -0.3 is 19.3 Å². The van der Waals surface area contributed by atoms with Crippen molar-refractivity contribution in [3.8, 4) is 23.0 Å². The second-order valence-corrected chi connectivity index (χ2v) is 8.35. The maximum absolute atomic E-state index is 13.5. The molecule has 0 atom stereocenters. The minimum Gasteiger partial charge on any atom is -0.508 e. The lowest BCUT2D eigenvalue weighted by Gasteiger charge is -2.35. The molecule has 0 unspecified atom stereocenters. The van der Waals surface area contributed by atoms with Crippen LogP contribution in [0.3, 0.4) is 0 Å². The molecule has 2 aliphatic heterocycles. The molecule has 5 heteroatoms. The van der Waals surface area contributed by atoms with E-state index >= 15 is 0 Å². The van der Waals surface area contributed by atoms with Crippen LogP contribution in [0.15, 0.2) is 36.4 Å². The van der Waals surface area contributed by atoms with Gasteiger partial charge in [-0.2, -0.15) is 0 Å². The molecule has 4 rings (SSSR count).